The predicted octanol–water partition coefficient (Wildman–Crippen LogP) is 3.80. The Labute approximate surface area is 184 Å². The summed E-state index contributed by atoms with van der Waals surface area (Å²) in [5.41, 5.74) is 1.63. The van der Waals surface area contributed by atoms with Gasteiger partial charge in [0.25, 0.3) is 0 Å². The Morgan fingerprint density at radius 3 is 2.69 bits per heavy atom. The molecule has 2 aromatic carbocycles. The first-order valence-corrected chi connectivity index (χ1v) is 10.1. The highest BCUT2D eigenvalue weighted by atomic mass is 19.1. The first-order chi connectivity index (χ1) is 15.5. The Kier molecular flexibility index (Phi) is 6.30. The van der Waals surface area contributed by atoms with Crippen molar-refractivity contribution in [3.63, 3.8) is 0 Å². The van der Waals surface area contributed by atoms with E-state index in [0.29, 0.717) is 23.8 Å². The lowest BCUT2D eigenvalue weighted by Crippen LogP contribution is -2.28. The molecule has 1 aliphatic rings. The Hall–Kier alpha value is -3.94. The molecule has 1 aromatic heterocycles. The van der Waals surface area contributed by atoms with Gasteiger partial charge in [0.2, 0.25) is 11.8 Å². The van der Waals surface area contributed by atoms with E-state index in [-0.39, 0.29) is 30.5 Å². The van der Waals surface area contributed by atoms with Crippen LogP contribution < -0.4 is 19.7 Å². The highest BCUT2D eigenvalue weighted by Crippen LogP contribution is 2.32. The highest BCUT2D eigenvalue weighted by Gasteiger charge is 2.36. The van der Waals surface area contributed by atoms with E-state index in [4.69, 9.17) is 9.47 Å². The first kappa shape index (κ1) is 21.3. The molecule has 4 rings (SSSR count). The van der Waals surface area contributed by atoms with Crippen LogP contribution in [0.25, 0.3) is 0 Å². The van der Waals surface area contributed by atoms with Crippen molar-refractivity contribution in [3.8, 4) is 11.5 Å². The molecule has 32 heavy (non-hydrogen) atoms. The van der Waals surface area contributed by atoms with E-state index in [1.54, 1.807) is 42.7 Å². The standard InChI is InChI=1S/C24H22FN3O4/c1-31-21-7-6-18(13-22(21)32-15-16-8-10-26-11-9-16)27-24(30)17-12-23(29)28(14-17)20-5-3-2-4-19(20)25/h2-11,13,17H,12,14-15H2,1H3,(H,27,30). The number of nitrogens with one attached hydrogen (secondary N) is 1. The third kappa shape index (κ3) is 4.69. The van der Waals surface area contributed by atoms with Gasteiger partial charge in [-0.25, -0.2) is 4.39 Å². The number of hydrogen-bond acceptors (Lipinski definition) is 5. The van der Waals surface area contributed by atoms with E-state index in [0.717, 1.165) is 5.56 Å². The van der Waals surface area contributed by atoms with E-state index < -0.39 is 11.7 Å². The number of rotatable bonds is 7. The van der Waals surface area contributed by atoms with Gasteiger partial charge in [0, 0.05) is 37.1 Å². The normalized spacial score (nSPS) is 15.5. The molecular weight excluding hydrogens is 413 g/mol. The van der Waals surface area contributed by atoms with Gasteiger partial charge in [-0.05, 0) is 42.0 Å². The molecule has 0 saturated carbocycles. The fourth-order valence-corrected chi connectivity index (χ4v) is 3.54. The summed E-state index contributed by atoms with van der Waals surface area (Å²) in [6.45, 7) is 0.429. The third-order valence-electron chi connectivity index (χ3n) is 5.21. The Bertz CT molecular complexity index is 1120. The summed E-state index contributed by atoms with van der Waals surface area (Å²) in [4.78, 5) is 30.5. The molecule has 7 nitrogen and oxygen atoms in total. The van der Waals surface area contributed by atoms with Crippen molar-refractivity contribution in [3.05, 3.63) is 78.4 Å². The number of benzene rings is 2. The van der Waals surface area contributed by atoms with Crippen LogP contribution in [0.1, 0.15) is 12.0 Å². The van der Waals surface area contributed by atoms with Crippen LogP contribution in [0.2, 0.25) is 0 Å². The van der Waals surface area contributed by atoms with Crippen LogP contribution in [0, 0.1) is 11.7 Å². The van der Waals surface area contributed by atoms with Crippen LogP contribution in [-0.4, -0.2) is 30.5 Å². The van der Waals surface area contributed by atoms with E-state index in [2.05, 4.69) is 10.3 Å². The Balaban J connectivity index is 1.44. The van der Waals surface area contributed by atoms with Gasteiger partial charge in [0.15, 0.2) is 11.5 Å². The zero-order chi connectivity index (χ0) is 22.5. The average molecular weight is 435 g/mol. The number of anilines is 2. The number of pyridine rings is 1. The number of methoxy groups -OCH3 is 1. The quantitative estimate of drug-likeness (QED) is 0.611. The van der Waals surface area contributed by atoms with E-state index in [1.807, 2.05) is 12.1 Å². The first-order valence-electron chi connectivity index (χ1n) is 10.1. The van der Waals surface area contributed by atoms with Gasteiger partial charge in [0.1, 0.15) is 12.4 Å². The molecule has 164 valence electrons. The van der Waals surface area contributed by atoms with Gasteiger partial charge in [-0.3, -0.25) is 14.6 Å². The number of hydrogen-bond donors (Lipinski definition) is 1. The number of nitrogens with zero attached hydrogens (tertiary/aromatic N) is 2. The second-order valence-corrected chi connectivity index (χ2v) is 7.36. The van der Waals surface area contributed by atoms with Crippen molar-refractivity contribution in [2.75, 3.05) is 23.9 Å². The molecule has 0 aliphatic carbocycles. The van der Waals surface area contributed by atoms with Crippen LogP contribution in [0.3, 0.4) is 0 Å². The summed E-state index contributed by atoms with van der Waals surface area (Å²) in [5, 5.41) is 2.82. The minimum atomic E-state index is -0.592. The second-order valence-electron chi connectivity index (χ2n) is 7.36. The van der Waals surface area contributed by atoms with Crippen LogP contribution in [0.4, 0.5) is 15.8 Å². The number of carbonyl (C=O) groups is 2. The summed E-state index contributed by atoms with van der Waals surface area (Å²) in [6.07, 6.45) is 3.38. The lowest BCUT2D eigenvalue weighted by atomic mass is 10.1. The molecule has 0 radical (unpaired) electrons. The molecule has 2 amide bonds. The van der Waals surface area contributed by atoms with Gasteiger partial charge < -0.3 is 19.7 Å². The number of para-hydroxylation sites is 1. The molecule has 1 unspecified atom stereocenters. The monoisotopic (exact) mass is 435 g/mol. The molecule has 1 atom stereocenters. The van der Waals surface area contributed by atoms with Crippen LogP contribution in [-0.2, 0) is 16.2 Å². The topological polar surface area (TPSA) is 80.8 Å². The number of carbonyl (C=O) groups excluding carboxylic acids is 2. The summed E-state index contributed by atoms with van der Waals surface area (Å²) >= 11 is 0. The molecule has 1 N–H and O–H groups in total. The molecular formula is C24H22FN3O4. The van der Waals surface area contributed by atoms with Gasteiger partial charge in [0.05, 0.1) is 18.7 Å². The van der Waals surface area contributed by atoms with Crippen molar-refractivity contribution in [2.45, 2.75) is 13.0 Å². The minimum absolute atomic E-state index is 0.0156. The number of halogens is 1. The number of aromatic nitrogens is 1. The molecule has 0 spiro atoms. The predicted molar refractivity (Wildman–Crippen MR) is 117 cm³/mol. The maximum atomic E-state index is 14.1. The van der Waals surface area contributed by atoms with Crippen LogP contribution in [0.5, 0.6) is 11.5 Å². The van der Waals surface area contributed by atoms with Gasteiger partial charge in [-0.2, -0.15) is 0 Å². The summed E-state index contributed by atoms with van der Waals surface area (Å²) < 4.78 is 25.3. The minimum Gasteiger partial charge on any atom is -0.493 e. The zero-order valence-corrected chi connectivity index (χ0v) is 17.5. The van der Waals surface area contributed by atoms with Crippen LogP contribution in [0.15, 0.2) is 67.0 Å². The van der Waals surface area contributed by atoms with Crippen molar-refractivity contribution < 1.29 is 23.5 Å². The molecule has 1 aliphatic heterocycles. The molecule has 2 heterocycles. The summed E-state index contributed by atoms with van der Waals surface area (Å²) in [7, 11) is 1.54. The van der Waals surface area contributed by atoms with Crippen molar-refractivity contribution in [2.24, 2.45) is 5.92 Å². The Morgan fingerprint density at radius 2 is 1.94 bits per heavy atom. The van der Waals surface area contributed by atoms with Crippen molar-refractivity contribution in [1.82, 2.24) is 4.98 Å². The maximum absolute atomic E-state index is 14.1. The van der Waals surface area contributed by atoms with Crippen molar-refractivity contribution >= 4 is 23.2 Å². The third-order valence-corrected chi connectivity index (χ3v) is 5.21. The van der Waals surface area contributed by atoms with Gasteiger partial charge in [-0.15, -0.1) is 0 Å². The van der Waals surface area contributed by atoms with Gasteiger partial charge in [-0.1, -0.05) is 12.1 Å². The zero-order valence-electron chi connectivity index (χ0n) is 17.5. The fraction of sp³-hybridized carbons (Fsp3) is 0.208. The lowest BCUT2D eigenvalue weighted by molar-refractivity contribution is -0.122. The smallest absolute Gasteiger partial charge is 0.229 e. The fourth-order valence-electron chi connectivity index (χ4n) is 3.54. The van der Waals surface area contributed by atoms with Crippen molar-refractivity contribution in [1.29, 1.82) is 0 Å². The Morgan fingerprint density at radius 1 is 1.16 bits per heavy atom. The summed E-state index contributed by atoms with van der Waals surface area (Å²) in [5.74, 6) is -0.691. The lowest BCUT2D eigenvalue weighted by Gasteiger charge is -2.17. The number of amides is 2. The SMILES string of the molecule is COc1ccc(NC(=O)C2CC(=O)N(c3ccccc3F)C2)cc1OCc1ccncc1. The number of ether oxygens (including phenoxy) is 2. The molecule has 8 heteroatoms. The maximum Gasteiger partial charge on any atom is 0.229 e. The molecule has 1 fully saturated rings. The summed E-state index contributed by atoms with van der Waals surface area (Å²) in [6, 6.07) is 14.8. The van der Waals surface area contributed by atoms with Crippen LogP contribution >= 0.6 is 0 Å². The van der Waals surface area contributed by atoms with E-state index >= 15 is 0 Å². The van der Waals surface area contributed by atoms with E-state index in [1.165, 1.54) is 24.1 Å². The van der Waals surface area contributed by atoms with Gasteiger partial charge >= 0.3 is 0 Å². The largest absolute Gasteiger partial charge is 0.493 e. The van der Waals surface area contributed by atoms with E-state index in [9.17, 15) is 14.0 Å². The highest BCUT2D eigenvalue weighted by molar-refractivity contribution is 6.03. The molecule has 1 saturated heterocycles. The molecule has 0 bridgehead atoms. The average Bonchev–Trinajstić information content (AvgIpc) is 3.20. The second kappa shape index (κ2) is 9.47. The molecule has 3 aromatic rings.